The molecule has 0 aromatic rings. The van der Waals surface area contributed by atoms with Crippen molar-refractivity contribution in [2.45, 2.75) is 51.7 Å². The fourth-order valence-corrected chi connectivity index (χ4v) is 2.18. The molecule has 3 N–H and O–H groups in total. The van der Waals surface area contributed by atoms with Crippen LogP contribution in [0, 0.1) is 5.92 Å². The number of aliphatic hydroxyl groups is 1. The lowest BCUT2D eigenvalue weighted by Gasteiger charge is -2.39. The first kappa shape index (κ1) is 15.2. The number of ether oxygens (including phenoxy) is 1. The van der Waals surface area contributed by atoms with Gasteiger partial charge in [0.05, 0.1) is 6.61 Å². The van der Waals surface area contributed by atoms with Gasteiger partial charge < -0.3 is 20.5 Å². The lowest BCUT2D eigenvalue weighted by molar-refractivity contribution is 0.0128. The monoisotopic (exact) mass is 258 g/mol. The Balaban J connectivity index is 2.47. The molecule has 0 saturated carbocycles. The Labute approximate surface area is 109 Å². The molecule has 5 nitrogen and oxygen atoms in total. The number of nitrogens with two attached hydrogens (primary N) is 1. The van der Waals surface area contributed by atoms with E-state index in [1.54, 1.807) is 4.90 Å². The molecule has 0 aromatic carbocycles. The van der Waals surface area contributed by atoms with Crippen LogP contribution in [-0.2, 0) is 4.74 Å². The molecule has 1 fully saturated rings. The summed E-state index contributed by atoms with van der Waals surface area (Å²) in [7, 11) is 0. The molecular weight excluding hydrogens is 232 g/mol. The fourth-order valence-electron chi connectivity index (χ4n) is 2.18. The molecule has 5 heteroatoms. The van der Waals surface area contributed by atoms with Crippen molar-refractivity contribution in [3.63, 3.8) is 0 Å². The van der Waals surface area contributed by atoms with Crippen LogP contribution in [0.15, 0.2) is 0 Å². The summed E-state index contributed by atoms with van der Waals surface area (Å²) in [6, 6.07) is 0. The molecule has 1 aliphatic rings. The topological polar surface area (TPSA) is 75.8 Å². The van der Waals surface area contributed by atoms with E-state index in [1.807, 2.05) is 27.7 Å². The third-order valence-electron chi connectivity index (χ3n) is 3.42. The second-order valence-electron chi connectivity index (χ2n) is 6.41. The lowest BCUT2D eigenvalue weighted by atomic mass is 9.80. The van der Waals surface area contributed by atoms with Crippen molar-refractivity contribution in [2.24, 2.45) is 11.7 Å². The number of nitrogens with zero attached hydrogens (tertiary/aromatic N) is 1. The SMILES string of the molecule is CC(C)(C)OC(=O)N1CCC(C(C)(N)CO)CC1. The van der Waals surface area contributed by atoms with E-state index in [-0.39, 0.29) is 18.6 Å². The average molecular weight is 258 g/mol. The molecular formula is C13H26N2O3. The van der Waals surface area contributed by atoms with Gasteiger partial charge in [-0.3, -0.25) is 0 Å². The molecule has 0 radical (unpaired) electrons. The average Bonchev–Trinajstić information content (AvgIpc) is 2.27. The van der Waals surface area contributed by atoms with E-state index in [1.165, 1.54) is 0 Å². The van der Waals surface area contributed by atoms with Gasteiger partial charge in [-0.2, -0.15) is 0 Å². The maximum Gasteiger partial charge on any atom is 0.410 e. The Kier molecular flexibility index (Phi) is 4.61. The van der Waals surface area contributed by atoms with Crippen LogP contribution in [0.2, 0.25) is 0 Å². The number of rotatable bonds is 2. The Bertz CT molecular complexity index is 289. The van der Waals surface area contributed by atoms with Crippen LogP contribution in [0.1, 0.15) is 40.5 Å². The molecule has 1 amide bonds. The highest BCUT2D eigenvalue weighted by molar-refractivity contribution is 5.68. The van der Waals surface area contributed by atoms with Crippen molar-refractivity contribution in [3.8, 4) is 0 Å². The van der Waals surface area contributed by atoms with Crippen LogP contribution in [0.25, 0.3) is 0 Å². The smallest absolute Gasteiger partial charge is 0.410 e. The van der Waals surface area contributed by atoms with Crippen LogP contribution in [-0.4, -0.2) is 46.9 Å². The van der Waals surface area contributed by atoms with E-state index in [0.29, 0.717) is 13.1 Å². The molecule has 1 atom stereocenters. The van der Waals surface area contributed by atoms with Crippen LogP contribution in [0.3, 0.4) is 0 Å². The zero-order valence-corrected chi connectivity index (χ0v) is 11.9. The van der Waals surface area contributed by atoms with E-state index >= 15 is 0 Å². The van der Waals surface area contributed by atoms with Gasteiger partial charge in [-0.25, -0.2) is 4.79 Å². The summed E-state index contributed by atoms with van der Waals surface area (Å²) >= 11 is 0. The van der Waals surface area contributed by atoms with Crippen molar-refractivity contribution in [1.29, 1.82) is 0 Å². The molecule has 106 valence electrons. The van der Waals surface area contributed by atoms with Crippen LogP contribution in [0.5, 0.6) is 0 Å². The molecule has 0 aromatic heterocycles. The normalized spacial score (nSPS) is 21.6. The Morgan fingerprint density at radius 2 is 1.83 bits per heavy atom. The van der Waals surface area contributed by atoms with Crippen LogP contribution < -0.4 is 5.73 Å². The van der Waals surface area contributed by atoms with Gasteiger partial charge in [0.15, 0.2) is 0 Å². The molecule has 1 unspecified atom stereocenters. The van der Waals surface area contributed by atoms with E-state index in [0.717, 1.165) is 12.8 Å². The summed E-state index contributed by atoms with van der Waals surface area (Å²) in [5.74, 6) is 0.251. The number of piperidine rings is 1. The number of aliphatic hydroxyl groups excluding tert-OH is 1. The molecule has 1 rings (SSSR count). The molecule has 0 bridgehead atoms. The first-order chi connectivity index (χ1) is 8.15. The van der Waals surface area contributed by atoms with Gasteiger partial charge in [0.2, 0.25) is 0 Å². The molecule has 18 heavy (non-hydrogen) atoms. The number of likely N-dealkylation sites (tertiary alicyclic amines) is 1. The highest BCUT2D eigenvalue weighted by atomic mass is 16.6. The molecule has 1 heterocycles. The number of hydrogen-bond donors (Lipinski definition) is 2. The predicted molar refractivity (Wildman–Crippen MR) is 70.2 cm³/mol. The second-order valence-corrected chi connectivity index (χ2v) is 6.41. The maximum atomic E-state index is 11.9. The van der Waals surface area contributed by atoms with Crippen molar-refractivity contribution >= 4 is 6.09 Å². The third-order valence-corrected chi connectivity index (χ3v) is 3.42. The van der Waals surface area contributed by atoms with Crippen LogP contribution in [0.4, 0.5) is 4.79 Å². The summed E-state index contributed by atoms with van der Waals surface area (Å²) in [5, 5.41) is 9.24. The zero-order chi connectivity index (χ0) is 14.0. The number of hydrogen-bond acceptors (Lipinski definition) is 4. The summed E-state index contributed by atoms with van der Waals surface area (Å²) in [6.45, 7) is 8.71. The second kappa shape index (κ2) is 5.45. The first-order valence-corrected chi connectivity index (χ1v) is 6.53. The summed E-state index contributed by atoms with van der Waals surface area (Å²) < 4.78 is 5.33. The zero-order valence-electron chi connectivity index (χ0n) is 11.9. The van der Waals surface area contributed by atoms with Gasteiger partial charge in [0.1, 0.15) is 5.60 Å². The van der Waals surface area contributed by atoms with E-state index in [4.69, 9.17) is 10.5 Å². The third kappa shape index (κ3) is 4.14. The molecule has 1 aliphatic heterocycles. The number of carbonyl (C=O) groups excluding carboxylic acids is 1. The van der Waals surface area contributed by atoms with Crippen LogP contribution >= 0.6 is 0 Å². The van der Waals surface area contributed by atoms with Gasteiger partial charge in [0, 0.05) is 18.6 Å². The van der Waals surface area contributed by atoms with Gasteiger partial charge in [-0.1, -0.05) is 0 Å². The Morgan fingerprint density at radius 3 is 2.22 bits per heavy atom. The Morgan fingerprint density at radius 1 is 1.33 bits per heavy atom. The van der Waals surface area contributed by atoms with Gasteiger partial charge in [-0.15, -0.1) is 0 Å². The quantitative estimate of drug-likeness (QED) is 0.784. The fraction of sp³-hybridized carbons (Fsp3) is 0.923. The van der Waals surface area contributed by atoms with Gasteiger partial charge in [-0.05, 0) is 46.5 Å². The predicted octanol–water partition coefficient (Wildman–Crippen LogP) is 1.34. The maximum absolute atomic E-state index is 11.9. The summed E-state index contributed by atoms with van der Waals surface area (Å²) in [4.78, 5) is 13.6. The van der Waals surface area contributed by atoms with Crippen molar-refractivity contribution in [2.75, 3.05) is 19.7 Å². The Hall–Kier alpha value is -0.810. The highest BCUT2D eigenvalue weighted by Gasteiger charge is 2.34. The largest absolute Gasteiger partial charge is 0.444 e. The van der Waals surface area contributed by atoms with E-state index in [9.17, 15) is 9.90 Å². The van der Waals surface area contributed by atoms with Gasteiger partial charge >= 0.3 is 6.09 Å². The van der Waals surface area contributed by atoms with E-state index < -0.39 is 11.1 Å². The standard InChI is InChI=1S/C13H26N2O3/c1-12(2,3)18-11(17)15-7-5-10(6-8-15)13(4,14)9-16/h10,16H,5-9,14H2,1-4H3. The van der Waals surface area contributed by atoms with Crippen molar-refractivity contribution in [1.82, 2.24) is 4.90 Å². The summed E-state index contributed by atoms with van der Waals surface area (Å²) in [5.41, 5.74) is 5.02. The molecule has 0 aliphatic carbocycles. The molecule has 0 spiro atoms. The number of amides is 1. The first-order valence-electron chi connectivity index (χ1n) is 6.53. The molecule has 1 saturated heterocycles. The lowest BCUT2D eigenvalue weighted by Crippen LogP contribution is -2.52. The van der Waals surface area contributed by atoms with Gasteiger partial charge in [0.25, 0.3) is 0 Å². The van der Waals surface area contributed by atoms with Crippen molar-refractivity contribution in [3.05, 3.63) is 0 Å². The highest BCUT2D eigenvalue weighted by Crippen LogP contribution is 2.27. The minimum Gasteiger partial charge on any atom is -0.444 e. The van der Waals surface area contributed by atoms with Crippen molar-refractivity contribution < 1.29 is 14.6 Å². The number of carbonyl (C=O) groups is 1. The summed E-state index contributed by atoms with van der Waals surface area (Å²) in [6.07, 6.45) is 1.36. The van der Waals surface area contributed by atoms with E-state index in [2.05, 4.69) is 0 Å². The minimum atomic E-state index is -0.556. The minimum absolute atomic E-state index is 0.0237.